The fourth-order valence-electron chi connectivity index (χ4n) is 2.37. The molecule has 1 heterocycles. The number of nitro benzene ring substituents is 1. The van der Waals surface area contributed by atoms with Crippen molar-refractivity contribution >= 4 is 11.6 Å². The molecule has 1 saturated heterocycles. The van der Waals surface area contributed by atoms with Crippen molar-refractivity contribution in [3.63, 3.8) is 0 Å². The molecule has 0 saturated carbocycles. The molecule has 0 aromatic heterocycles. The van der Waals surface area contributed by atoms with Gasteiger partial charge in [-0.1, -0.05) is 6.92 Å². The Balaban J connectivity index is 1.92. The summed E-state index contributed by atoms with van der Waals surface area (Å²) in [5.41, 5.74) is 4.98. The van der Waals surface area contributed by atoms with E-state index in [1.807, 2.05) is 6.92 Å². The minimum Gasteiger partial charge on any atom is -0.484 e. The fraction of sp³-hybridized carbons (Fsp3) is 0.500. The van der Waals surface area contributed by atoms with E-state index in [2.05, 4.69) is 0 Å². The minimum atomic E-state index is -0.994. The summed E-state index contributed by atoms with van der Waals surface area (Å²) in [4.78, 5) is 23.4. The van der Waals surface area contributed by atoms with Crippen LogP contribution in [-0.4, -0.2) is 42.0 Å². The van der Waals surface area contributed by atoms with Gasteiger partial charge in [0.2, 0.25) is 5.82 Å². The maximum atomic E-state index is 13.4. The monoisotopic (exact) mass is 311 g/mol. The Hall–Kier alpha value is -2.22. The van der Waals surface area contributed by atoms with Gasteiger partial charge in [-0.05, 0) is 24.4 Å². The Labute approximate surface area is 127 Å². The average Bonchev–Trinajstić information content (AvgIpc) is 2.88. The Bertz CT molecular complexity index is 595. The number of likely N-dealkylation sites (tertiary alicyclic amines) is 1. The smallest absolute Gasteiger partial charge is 0.305 e. The first-order valence-corrected chi connectivity index (χ1v) is 6.89. The van der Waals surface area contributed by atoms with Crippen LogP contribution in [0.1, 0.15) is 13.3 Å². The lowest BCUT2D eigenvalue weighted by Crippen LogP contribution is -2.36. The summed E-state index contributed by atoms with van der Waals surface area (Å²) in [5.74, 6) is -1.13. The van der Waals surface area contributed by atoms with Crippen molar-refractivity contribution in [3.8, 4) is 5.75 Å². The maximum Gasteiger partial charge on any atom is 0.305 e. The van der Waals surface area contributed by atoms with E-state index < -0.39 is 16.4 Å². The molecule has 1 aromatic rings. The van der Waals surface area contributed by atoms with Crippen LogP contribution < -0.4 is 10.5 Å². The zero-order valence-corrected chi connectivity index (χ0v) is 12.3. The van der Waals surface area contributed by atoms with Crippen molar-refractivity contribution in [1.82, 2.24) is 4.90 Å². The zero-order valence-electron chi connectivity index (χ0n) is 12.3. The Morgan fingerprint density at radius 3 is 2.86 bits per heavy atom. The van der Waals surface area contributed by atoms with E-state index >= 15 is 0 Å². The van der Waals surface area contributed by atoms with Crippen LogP contribution in [0.5, 0.6) is 5.75 Å². The molecule has 1 aromatic carbocycles. The topological polar surface area (TPSA) is 98.7 Å². The first kappa shape index (κ1) is 16.2. The lowest BCUT2D eigenvalue weighted by Gasteiger charge is -2.22. The molecule has 1 aliphatic heterocycles. The predicted molar refractivity (Wildman–Crippen MR) is 76.9 cm³/mol. The molecule has 0 aliphatic carbocycles. The number of amides is 1. The molecule has 1 atom stereocenters. The highest BCUT2D eigenvalue weighted by molar-refractivity contribution is 5.78. The zero-order chi connectivity index (χ0) is 16.3. The first-order chi connectivity index (χ1) is 10.3. The van der Waals surface area contributed by atoms with Crippen LogP contribution >= 0.6 is 0 Å². The van der Waals surface area contributed by atoms with Crippen LogP contribution in [0.4, 0.5) is 10.1 Å². The van der Waals surface area contributed by atoms with E-state index in [0.717, 1.165) is 18.6 Å². The number of ether oxygens (including phenoxy) is 1. The van der Waals surface area contributed by atoms with Crippen LogP contribution in [0.25, 0.3) is 0 Å². The second-order valence-electron chi connectivity index (χ2n) is 5.74. The van der Waals surface area contributed by atoms with E-state index in [4.69, 9.17) is 10.5 Å². The molecular formula is C14H18FN3O4. The molecule has 2 rings (SSSR count). The quantitative estimate of drug-likeness (QED) is 0.653. The van der Waals surface area contributed by atoms with Gasteiger partial charge in [0, 0.05) is 25.2 Å². The van der Waals surface area contributed by atoms with Crippen molar-refractivity contribution in [2.24, 2.45) is 11.1 Å². The van der Waals surface area contributed by atoms with E-state index in [1.54, 1.807) is 4.90 Å². The van der Waals surface area contributed by atoms with Gasteiger partial charge in [0.1, 0.15) is 5.75 Å². The number of nitro groups is 1. The lowest BCUT2D eigenvalue weighted by molar-refractivity contribution is -0.387. The van der Waals surface area contributed by atoms with Crippen molar-refractivity contribution in [2.75, 3.05) is 26.2 Å². The number of rotatable bonds is 5. The minimum absolute atomic E-state index is 0.0743. The number of halogens is 1. The third-order valence-corrected chi connectivity index (χ3v) is 3.88. The van der Waals surface area contributed by atoms with E-state index in [9.17, 15) is 19.3 Å². The molecule has 0 radical (unpaired) electrons. The number of nitrogens with two attached hydrogens (primary N) is 1. The summed E-state index contributed by atoms with van der Waals surface area (Å²) in [7, 11) is 0. The third-order valence-electron chi connectivity index (χ3n) is 3.88. The second-order valence-corrected chi connectivity index (χ2v) is 5.74. The molecule has 120 valence electrons. The van der Waals surface area contributed by atoms with Crippen LogP contribution in [0.3, 0.4) is 0 Å². The van der Waals surface area contributed by atoms with Crippen molar-refractivity contribution in [1.29, 1.82) is 0 Å². The van der Waals surface area contributed by atoms with E-state index in [-0.39, 0.29) is 23.7 Å². The second kappa shape index (κ2) is 6.27. The summed E-state index contributed by atoms with van der Waals surface area (Å²) >= 11 is 0. The third kappa shape index (κ3) is 3.51. The van der Waals surface area contributed by atoms with E-state index in [0.29, 0.717) is 19.6 Å². The highest BCUT2D eigenvalue weighted by Crippen LogP contribution is 2.28. The lowest BCUT2D eigenvalue weighted by atomic mass is 9.90. The van der Waals surface area contributed by atoms with Gasteiger partial charge in [-0.15, -0.1) is 0 Å². The molecule has 2 N–H and O–H groups in total. The van der Waals surface area contributed by atoms with Gasteiger partial charge in [-0.2, -0.15) is 4.39 Å². The standard InChI is InChI=1S/C14H18FN3O4/c1-14(8-16)4-5-17(9-14)13(19)7-22-10-2-3-12(18(20)21)11(15)6-10/h2-3,6H,4-5,7-9,16H2,1H3. The van der Waals surface area contributed by atoms with Crippen LogP contribution in [0.15, 0.2) is 18.2 Å². The van der Waals surface area contributed by atoms with Crippen molar-refractivity contribution in [2.45, 2.75) is 13.3 Å². The molecule has 1 fully saturated rings. The molecule has 1 amide bonds. The summed E-state index contributed by atoms with van der Waals surface area (Å²) in [5, 5.41) is 10.5. The number of carbonyl (C=O) groups is 1. The number of hydrogen-bond donors (Lipinski definition) is 1. The van der Waals surface area contributed by atoms with Crippen molar-refractivity contribution in [3.05, 3.63) is 34.1 Å². The predicted octanol–water partition coefficient (Wildman–Crippen LogP) is 1.31. The summed E-state index contributed by atoms with van der Waals surface area (Å²) < 4.78 is 18.7. The molecule has 0 spiro atoms. The van der Waals surface area contributed by atoms with Gasteiger partial charge in [-0.3, -0.25) is 14.9 Å². The van der Waals surface area contributed by atoms with E-state index in [1.165, 1.54) is 6.07 Å². The van der Waals surface area contributed by atoms with Crippen molar-refractivity contribution < 1.29 is 18.8 Å². The number of hydrogen-bond acceptors (Lipinski definition) is 5. The summed E-state index contributed by atoms with van der Waals surface area (Å²) in [6.45, 7) is 3.47. The Morgan fingerprint density at radius 2 is 2.32 bits per heavy atom. The normalized spacial score (nSPS) is 21.0. The van der Waals surface area contributed by atoms with Gasteiger partial charge in [0.05, 0.1) is 4.92 Å². The summed E-state index contributed by atoms with van der Waals surface area (Å²) in [6, 6.07) is 3.18. The van der Waals surface area contributed by atoms with Gasteiger partial charge in [0.15, 0.2) is 6.61 Å². The largest absolute Gasteiger partial charge is 0.484 e. The van der Waals surface area contributed by atoms with Crippen LogP contribution in [0, 0.1) is 21.3 Å². The Kier molecular flexibility index (Phi) is 4.60. The van der Waals surface area contributed by atoms with Gasteiger partial charge < -0.3 is 15.4 Å². The maximum absolute atomic E-state index is 13.4. The molecule has 8 heteroatoms. The Morgan fingerprint density at radius 1 is 1.59 bits per heavy atom. The highest BCUT2D eigenvalue weighted by Gasteiger charge is 2.34. The van der Waals surface area contributed by atoms with Crippen LogP contribution in [-0.2, 0) is 4.79 Å². The molecular weight excluding hydrogens is 293 g/mol. The molecule has 1 aliphatic rings. The molecule has 7 nitrogen and oxygen atoms in total. The molecule has 1 unspecified atom stereocenters. The van der Waals surface area contributed by atoms with Gasteiger partial charge in [0.25, 0.3) is 5.91 Å². The van der Waals surface area contributed by atoms with Crippen LogP contribution in [0.2, 0.25) is 0 Å². The number of nitrogens with zero attached hydrogens (tertiary/aromatic N) is 2. The van der Waals surface area contributed by atoms with Gasteiger partial charge >= 0.3 is 5.69 Å². The number of benzene rings is 1. The number of carbonyl (C=O) groups excluding carboxylic acids is 1. The van der Waals surface area contributed by atoms with Gasteiger partial charge in [-0.25, -0.2) is 0 Å². The summed E-state index contributed by atoms with van der Waals surface area (Å²) in [6.07, 6.45) is 0.835. The molecule has 22 heavy (non-hydrogen) atoms. The molecule has 0 bridgehead atoms. The highest BCUT2D eigenvalue weighted by atomic mass is 19.1. The fourth-order valence-corrected chi connectivity index (χ4v) is 2.37. The SMILES string of the molecule is CC1(CN)CCN(C(=O)COc2ccc([N+](=O)[O-])c(F)c2)C1. The average molecular weight is 311 g/mol. The first-order valence-electron chi connectivity index (χ1n) is 6.89.